The minimum Gasteiger partial charge on any atom is -0.476 e. The summed E-state index contributed by atoms with van der Waals surface area (Å²) in [6, 6.07) is 9.27. The Morgan fingerprint density at radius 2 is 2.27 bits per heavy atom. The molecule has 0 amide bonds. The molecule has 0 unspecified atom stereocenters. The molecule has 0 bridgehead atoms. The molecule has 0 aliphatic rings. The van der Waals surface area contributed by atoms with Crippen LogP contribution >= 0.6 is 0 Å². The zero-order valence-electron chi connectivity index (χ0n) is 7.87. The van der Waals surface area contributed by atoms with Gasteiger partial charge in [-0.15, -0.1) is 5.10 Å². The van der Waals surface area contributed by atoms with Crippen LogP contribution in [0, 0.1) is 11.3 Å². The summed E-state index contributed by atoms with van der Waals surface area (Å²) < 4.78 is 6.85. The average molecular weight is 200 g/mol. The third-order valence-corrected chi connectivity index (χ3v) is 1.83. The molecule has 15 heavy (non-hydrogen) atoms. The first-order chi connectivity index (χ1) is 7.42. The van der Waals surface area contributed by atoms with Crippen LogP contribution < -0.4 is 4.74 Å². The summed E-state index contributed by atoms with van der Waals surface area (Å²) in [4.78, 5) is 0. The maximum absolute atomic E-state index is 8.44. The van der Waals surface area contributed by atoms with Crippen molar-refractivity contribution in [2.75, 3.05) is 6.61 Å². The normalized spacial score (nSPS) is 9.53. The van der Waals surface area contributed by atoms with Gasteiger partial charge < -0.3 is 4.74 Å². The van der Waals surface area contributed by atoms with Gasteiger partial charge in [-0.05, 0) is 12.1 Å². The lowest BCUT2D eigenvalue weighted by Gasteiger charge is -2.07. The number of para-hydroxylation sites is 2. The van der Waals surface area contributed by atoms with E-state index in [4.69, 9.17) is 10.00 Å². The Hall–Kier alpha value is -2.35. The van der Waals surface area contributed by atoms with Crippen molar-refractivity contribution in [3.05, 3.63) is 36.7 Å². The van der Waals surface area contributed by atoms with Crippen LogP contribution in [0.1, 0.15) is 0 Å². The van der Waals surface area contributed by atoms with E-state index in [-0.39, 0.29) is 6.61 Å². The van der Waals surface area contributed by atoms with E-state index in [1.54, 1.807) is 23.1 Å². The molecule has 2 aromatic rings. The first-order valence-electron chi connectivity index (χ1n) is 4.37. The Bertz CT molecular complexity index is 472. The molecule has 0 fully saturated rings. The number of ether oxygens (including phenoxy) is 1. The second kappa shape index (κ2) is 4.24. The van der Waals surface area contributed by atoms with Crippen LogP contribution in [-0.2, 0) is 0 Å². The first-order valence-corrected chi connectivity index (χ1v) is 4.37. The summed E-state index contributed by atoms with van der Waals surface area (Å²) in [5.74, 6) is 0.615. The summed E-state index contributed by atoms with van der Waals surface area (Å²) in [5.41, 5.74) is 0.769. The van der Waals surface area contributed by atoms with Crippen LogP contribution in [0.2, 0.25) is 0 Å². The van der Waals surface area contributed by atoms with E-state index in [0.717, 1.165) is 5.69 Å². The van der Waals surface area contributed by atoms with Crippen LogP contribution in [-0.4, -0.2) is 21.6 Å². The van der Waals surface area contributed by atoms with Gasteiger partial charge in [-0.25, -0.2) is 4.68 Å². The number of benzene rings is 1. The Morgan fingerprint density at radius 1 is 1.40 bits per heavy atom. The van der Waals surface area contributed by atoms with Gasteiger partial charge in [0.25, 0.3) is 0 Å². The van der Waals surface area contributed by atoms with Crippen molar-refractivity contribution in [2.45, 2.75) is 0 Å². The number of aromatic nitrogens is 3. The van der Waals surface area contributed by atoms with Gasteiger partial charge in [-0.1, -0.05) is 17.3 Å². The van der Waals surface area contributed by atoms with Gasteiger partial charge in [0.05, 0.1) is 12.4 Å². The monoisotopic (exact) mass is 200 g/mol. The number of nitriles is 1. The lowest BCUT2D eigenvalue weighted by molar-refractivity contribution is 0.365. The molecule has 0 N–H and O–H groups in total. The highest BCUT2D eigenvalue weighted by molar-refractivity contribution is 5.45. The SMILES string of the molecule is N#CCOc1ccccc1-n1ccnn1. The Balaban J connectivity index is 2.35. The predicted molar refractivity (Wildman–Crippen MR) is 52.5 cm³/mol. The zero-order valence-corrected chi connectivity index (χ0v) is 7.87. The molecule has 0 radical (unpaired) electrons. The van der Waals surface area contributed by atoms with E-state index in [9.17, 15) is 0 Å². The fourth-order valence-corrected chi connectivity index (χ4v) is 1.22. The van der Waals surface area contributed by atoms with E-state index < -0.39 is 0 Å². The van der Waals surface area contributed by atoms with Crippen molar-refractivity contribution in [3.8, 4) is 17.5 Å². The standard InChI is InChI=1S/C10H8N4O/c11-5-8-15-10-4-2-1-3-9(10)14-7-6-12-13-14/h1-4,6-7H,8H2. The molecule has 1 aromatic heterocycles. The molecule has 5 heteroatoms. The van der Waals surface area contributed by atoms with Gasteiger partial charge >= 0.3 is 0 Å². The highest BCUT2D eigenvalue weighted by Crippen LogP contribution is 2.20. The van der Waals surface area contributed by atoms with Gasteiger partial charge in [-0.3, -0.25) is 0 Å². The predicted octanol–water partition coefficient (Wildman–Crippen LogP) is 1.17. The average Bonchev–Trinajstić information content (AvgIpc) is 2.80. The van der Waals surface area contributed by atoms with Crippen molar-refractivity contribution in [3.63, 3.8) is 0 Å². The van der Waals surface area contributed by atoms with Crippen LogP contribution in [0.15, 0.2) is 36.7 Å². The number of hydrogen-bond donors (Lipinski definition) is 0. The van der Waals surface area contributed by atoms with Gasteiger partial charge in [0.15, 0.2) is 6.61 Å². The van der Waals surface area contributed by atoms with Crippen LogP contribution in [0.5, 0.6) is 5.75 Å². The van der Waals surface area contributed by atoms with Gasteiger partial charge in [0.1, 0.15) is 17.5 Å². The molecular formula is C10H8N4O. The number of hydrogen-bond acceptors (Lipinski definition) is 4. The van der Waals surface area contributed by atoms with E-state index in [0.29, 0.717) is 5.75 Å². The fourth-order valence-electron chi connectivity index (χ4n) is 1.22. The van der Waals surface area contributed by atoms with Gasteiger partial charge in [0.2, 0.25) is 0 Å². The van der Waals surface area contributed by atoms with E-state index in [1.165, 1.54) is 0 Å². The van der Waals surface area contributed by atoms with E-state index in [2.05, 4.69) is 10.3 Å². The van der Waals surface area contributed by atoms with Crippen molar-refractivity contribution in [1.82, 2.24) is 15.0 Å². The molecule has 74 valence electrons. The maximum Gasteiger partial charge on any atom is 0.174 e. The molecule has 0 saturated heterocycles. The third-order valence-electron chi connectivity index (χ3n) is 1.83. The van der Waals surface area contributed by atoms with Crippen LogP contribution in [0.3, 0.4) is 0 Å². The summed E-state index contributed by atoms with van der Waals surface area (Å²) in [5, 5.41) is 16.0. The van der Waals surface area contributed by atoms with Gasteiger partial charge in [-0.2, -0.15) is 5.26 Å². The van der Waals surface area contributed by atoms with Crippen molar-refractivity contribution < 1.29 is 4.74 Å². The van der Waals surface area contributed by atoms with Crippen molar-refractivity contribution in [2.24, 2.45) is 0 Å². The molecule has 1 heterocycles. The van der Waals surface area contributed by atoms with Crippen molar-refractivity contribution >= 4 is 0 Å². The third kappa shape index (κ3) is 1.94. The van der Waals surface area contributed by atoms with E-state index >= 15 is 0 Å². The van der Waals surface area contributed by atoms with Crippen molar-refractivity contribution in [1.29, 1.82) is 5.26 Å². The first kappa shape index (κ1) is 9.21. The Morgan fingerprint density at radius 3 is 3.00 bits per heavy atom. The zero-order chi connectivity index (χ0) is 10.5. The Labute approximate surface area is 86.5 Å². The highest BCUT2D eigenvalue weighted by Gasteiger charge is 2.04. The summed E-state index contributed by atoms with van der Waals surface area (Å²) in [6.45, 7) is 0.0196. The molecule has 0 aliphatic carbocycles. The van der Waals surface area contributed by atoms with Gasteiger partial charge in [0, 0.05) is 0 Å². The number of rotatable bonds is 3. The van der Waals surface area contributed by atoms with Crippen LogP contribution in [0.4, 0.5) is 0 Å². The second-order valence-electron chi connectivity index (χ2n) is 2.76. The molecule has 2 rings (SSSR count). The summed E-state index contributed by atoms with van der Waals surface area (Å²) >= 11 is 0. The lowest BCUT2D eigenvalue weighted by Crippen LogP contribution is -2.01. The topological polar surface area (TPSA) is 63.7 Å². The molecule has 5 nitrogen and oxygen atoms in total. The Kier molecular flexibility index (Phi) is 2.61. The quantitative estimate of drug-likeness (QED) is 0.746. The molecular weight excluding hydrogens is 192 g/mol. The molecule has 0 spiro atoms. The highest BCUT2D eigenvalue weighted by atomic mass is 16.5. The molecule has 0 saturated carbocycles. The summed E-state index contributed by atoms with van der Waals surface area (Å²) in [7, 11) is 0. The number of nitrogens with zero attached hydrogens (tertiary/aromatic N) is 4. The lowest BCUT2D eigenvalue weighted by atomic mass is 10.3. The smallest absolute Gasteiger partial charge is 0.174 e. The minimum atomic E-state index is 0.0196. The van der Waals surface area contributed by atoms with Crippen LogP contribution in [0.25, 0.3) is 5.69 Å². The minimum absolute atomic E-state index is 0.0196. The molecule has 0 aliphatic heterocycles. The molecule has 1 aromatic carbocycles. The second-order valence-corrected chi connectivity index (χ2v) is 2.76. The van der Waals surface area contributed by atoms with E-state index in [1.807, 2.05) is 24.3 Å². The molecule has 0 atom stereocenters. The summed E-state index contributed by atoms with van der Waals surface area (Å²) in [6.07, 6.45) is 3.30. The largest absolute Gasteiger partial charge is 0.476 e. The maximum atomic E-state index is 8.44. The fraction of sp³-hybridized carbons (Fsp3) is 0.100.